The van der Waals surface area contributed by atoms with Crippen LogP contribution < -0.4 is 9.62 Å². The van der Waals surface area contributed by atoms with Crippen molar-refractivity contribution in [3.05, 3.63) is 95.8 Å². The summed E-state index contributed by atoms with van der Waals surface area (Å²) in [6, 6.07) is 19.6. The molecule has 3 rings (SSSR count). The molecule has 0 aromatic heterocycles. The van der Waals surface area contributed by atoms with Crippen LogP contribution in [0, 0.1) is 12.7 Å². The third kappa shape index (κ3) is 7.44. The third-order valence-corrected chi connectivity index (χ3v) is 8.42. The van der Waals surface area contributed by atoms with E-state index in [4.69, 9.17) is 0 Å². The van der Waals surface area contributed by atoms with Crippen molar-refractivity contribution in [3.63, 3.8) is 0 Å². The molecule has 7 nitrogen and oxygen atoms in total. The summed E-state index contributed by atoms with van der Waals surface area (Å²) in [7, 11) is -4.12. The lowest BCUT2D eigenvalue weighted by Crippen LogP contribution is -2.53. The summed E-state index contributed by atoms with van der Waals surface area (Å²) < 4.78 is 42.3. The van der Waals surface area contributed by atoms with Crippen molar-refractivity contribution in [1.29, 1.82) is 0 Å². The molecule has 0 fully saturated rings. The van der Waals surface area contributed by atoms with Crippen molar-refractivity contribution in [2.45, 2.75) is 64.1 Å². The summed E-state index contributed by atoms with van der Waals surface area (Å²) >= 11 is 0. The van der Waals surface area contributed by atoms with E-state index in [1.807, 2.05) is 13.8 Å². The summed E-state index contributed by atoms with van der Waals surface area (Å²) in [4.78, 5) is 28.7. The van der Waals surface area contributed by atoms with Crippen molar-refractivity contribution in [1.82, 2.24) is 10.2 Å². The molecular weight excluding hydrogens is 517 g/mol. The highest BCUT2D eigenvalue weighted by Gasteiger charge is 2.34. The number of halogens is 1. The fourth-order valence-corrected chi connectivity index (χ4v) is 5.72. The predicted octanol–water partition coefficient (Wildman–Crippen LogP) is 5.05. The number of nitrogens with zero attached hydrogens (tertiary/aromatic N) is 2. The molecule has 0 heterocycles. The van der Waals surface area contributed by atoms with Crippen molar-refractivity contribution >= 4 is 27.5 Å². The molecule has 0 radical (unpaired) electrons. The number of hydrogen-bond donors (Lipinski definition) is 1. The Balaban J connectivity index is 2.05. The molecule has 2 amide bonds. The van der Waals surface area contributed by atoms with Crippen molar-refractivity contribution < 1.29 is 22.4 Å². The largest absolute Gasteiger partial charge is 0.352 e. The Labute approximate surface area is 230 Å². The highest BCUT2D eigenvalue weighted by Crippen LogP contribution is 2.27. The minimum Gasteiger partial charge on any atom is -0.352 e. The minimum atomic E-state index is -4.12. The lowest BCUT2D eigenvalue weighted by atomic mass is 10.1. The van der Waals surface area contributed by atoms with Crippen LogP contribution in [-0.4, -0.2) is 43.8 Å². The molecule has 0 saturated carbocycles. The van der Waals surface area contributed by atoms with Crippen molar-refractivity contribution in [2.75, 3.05) is 10.8 Å². The van der Waals surface area contributed by atoms with Gasteiger partial charge in [-0.2, -0.15) is 0 Å². The molecule has 0 aliphatic heterocycles. The average molecular weight is 554 g/mol. The third-order valence-electron chi connectivity index (χ3n) is 6.65. The van der Waals surface area contributed by atoms with Crippen LogP contribution in [0.1, 0.15) is 44.7 Å². The van der Waals surface area contributed by atoms with E-state index < -0.39 is 34.3 Å². The SMILES string of the molecule is CC[C@@H](C)NC(=O)[C@@H](CC)N(Cc1ccc(F)cc1)C(=O)CN(c1ccccc1C)S(=O)(=O)c1ccccc1. The molecule has 0 saturated heterocycles. The van der Waals surface area contributed by atoms with Crippen LogP contribution in [0.5, 0.6) is 0 Å². The zero-order chi connectivity index (χ0) is 28.6. The lowest BCUT2D eigenvalue weighted by molar-refractivity contribution is -0.140. The van der Waals surface area contributed by atoms with Crippen molar-refractivity contribution in [3.8, 4) is 0 Å². The summed E-state index contributed by atoms with van der Waals surface area (Å²) in [5.74, 6) is -1.29. The second kappa shape index (κ2) is 13.4. The molecule has 2 atom stereocenters. The lowest BCUT2D eigenvalue weighted by Gasteiger charge is -2.34. The number of carbonyl (C=O) groups excluding carboxylic acids is 2. The van der Waals surface area contributed by atoms with Gasteiger partial charge in [0.15, 0.2) is 0 Å². The first-order valence-electron chi connectivity index (χ1n) is 13.1. The zero-order valence-electron chi connectivity index (χ0n) is 22.8. The van der Waals surface area contributed by atoms with E-state index in [1.54, 1.807) is 68.4 Å². The Hall–Kier alpha value is -3.72. The van der Waals surface area contributed by atoms with Gasteiger partial charge in [0.05, 0.1) is 10.6 Å². The van der Waals surface area contributed by atoms with E-state index >= 15 is 0 Å². The van der Waals surface area contributed by atoms with Gasteiger partial charge in [-0.3, -0.25) is 13.9 Å². The topological polar surface area (TPSA) is 86.8 Å². The molecule has 0 unspecified atom stereocenters. The fourth-order valence-electron chi connectivity index (χ4n) is 4.22. The highest BCUT2D eigenvalue weighted by atomic mass is 32.2. The van der Waals surface area contributed by atoms with Gasteiger partial charge in [-0.05, 0) is 68.1 Å². The van der Waals surface area contributed by atoms with Crippen LogP contribution >= 0.6 is 0 Å². The van der Waals surface area contributed by atoms with Crippen LogP contribution in [0.2, 0.25) is 0 Å². The molecule has 9 heteroatoms. The zero-order valence-corrected chi connectivity index (χ0v) is 23.6. The van der Waals surface area contributed by atoms with Gasteiger partial charge in [0.25, 0.3) is 10.0 Å². The smallest absolute Gasteiger partial charge is 0.264 e. The molecule has 1 N–H and O–H groups in total. The standard InChI is InChI=1S/C30H36FN3O4S/c1-5-23(4)32-30(36)27(6-2)33(20-24-16-18-25(31)19-17-24)29(35)21-34(28-15-11-10-12-22(28)3)39(37,38)26-13-8-7-9-14-26/h7-19,23,27H,5-6,20-21H2,1-4H3,(H,32,36)/t23-,27-/m1/s1. The van der Waals surface area contributed by atoms with Gasteiger partial charge in [0.1, 0.15) is 18.4 Å². The molecule has 0 spiro atoms. The molecule has 3 aromatic rings. The maximum atomic E-state index is 14.0. The number of benzene rings is 3. The Morgan fingerprint density at radius 1 is 0.897 bits per heavy atom. The highest BCUT2D eigenvalue weighted by molar-refractivity contribution is 7.92. The van der Waals surface area contributed by atoms with Gasteiger partial charge in [-0.15, -0.1) is 0 Å². The number of anilines is 1. The van der Waals surface area contributed by atoms with Crippen LogP contribution in [-0.2, 0) is 26.2 Å². The van der Waals surface area contributed by atoms with E-state index in [9.17, 15) is 22.4 Å². The van der Waals surface area contributed by atoms with Gasteiger partial charge in [-0.1, -0.05) is 62.4 Å². The molecule has 0 bridgehead atoms. The van der Waals surface area contributed by atoms with Crippen molar-refractivity contribution in [2.24, 2.45) is 0 Å². The number of carbonyl (C=O) groups is 2. The van der Waals surface area contributed by atoms with E-state index in [-0.39, 0.29) is 23.4 Å². The summed E-state index contributed by atoms with van der Waals surface area (Å²) in [6.45, 7) is 6.89. The Bertz CT molecular complexity index is 1360. The first-order valence-corrected chi connectivity index (χ1v) is 14.5. The second-order valence-electron chi connectivity index (χ2n) is 9.50. The molecule has 0 aliphatic rings. The van der Waals surface area contributed by atoms with Crippen LogP contribution in [0.3, 0.4) is 0 Å². The van der Waals surface area contributed by atoms with Gasteiger partial charge < -0.3 is 10.2 Å². The Kier molecular flexibility index (Phi) is 10.2. The number of sulfonamides is 1. The molecule has 3 aromatic carbocycles. The summed E-state index contributed by atoms with van der Waals surface area (Å²) in [5, 5.41) is 2.94. The molecule has 0 aliphatic carbocycles. The van der Waals surface area contributed by atoms with Gasteiger partial charge in [-0.25, -0.2) is 12.8 Å². The number of para-hydroxylation sites is 1. The number of nitrogens with one attached hydrogen (secondary N) is 1. The number of hydrogen-bond acceptors (Lipinski definition) is 4. The summed E-state index contributed by atoms with van der Waals surface area (Å²) in [6.07, 6.45) is 1.02. The van der Waals surface area contributed by atoms with Crippen LogP contribution in [0.4, 0.5) is 10.1 Å². The Morgan fingerprint density at radius 2 is 1.51 bits per heavy atom. The Morgan fingerprint density at radius 3 is 2.10 bits per heavy atom. The first kappa shape index (κ1) is 29.8. The molecule has 208 valence electrons. The molecule has 39 heavy (non-hydrogen) atoms. The maximum Gasteiger partial charge on any atom is 0.264 e. The van der Waals surface area contributed by atoms with Gasteiger partial charge >= 0.3 is 0 Å². The number of rotatable bonds is 12. The number of aryl methyl sites for hydroxylation is 1. The average Bonchev–Trinajstić information content (AvgIpc) is 2.93. The normalized spacial score (nSPS) is 12.8. The van der Waals surface area contributed by atoms with E-state index in [2.05, 4.69) is 5.32 Å². The maximum absolute atomic E-state index is 14.0. The van der Waals surface area contributed by atoms with Gasteiger partial charge in [0.2, 0.25) is 11.8 Å². The second-order valence-corrected chi connectivity index (χ2v) is 11.4. The summed E-state index contributed by atoms with van der Waals surface area (Å²) in [5.41, 5.74) is 1.66. The number of amides is 2. The minimum absolute atomic E-state index is 0.0124. The molecular formula is C30H36FN3O4S. The van der Waals surface area contributed by atoms with E-state index in [0.29, 0.717) is 29.7 Å². The van der Waals surface area contributed by atoms with Crippen LogP contribution in [0.15, 0.2) is 83.8 Å². The quantitative estimate of drug-likeness (QED) is 0.340. The van der Waals surface area contributed by atoms with Crippen LogP contribution in [0.25, 0.3) is 0 Å². The first-order chi connectivity index (χ1) is 18.6. The fraction of sp³-hybridized carbons (Fsp3) is 0.333. The van der Waals surface area contributed by atoms with Gasteiger partial charge in [0, 0.05) is 12.6 Å². The predicted molar refractivity (Wildman–Crippen MR) is 151 cm³/mol. The van der Waals surface area contributed by atoms with E-state index in [1.165, 1.54) is 29.2 Å². The van der Waals surface area contributed by atoms with E-state index in [0.717, 1.165) is 4.31 Å². The monoisotopic (exact) mass is 553 g/mol.